The number of hydrazine groups is 1. The molecule has 11 heteroatoms. The Morgan fingerprint density at radius 3 is 2.41 bits per heavy atom. The predicted molar refractivity (Wildman–Crippen MR) is 132 cm³/mol. The maximum Gasteiger partial charge on any atom is 0.328 e. The van der Waals surface area contributed by atoms with Gasteiger partial charge in [0.2, 0.25) is 0 Å². The molecule has 0 saturated carbocycles. The lowest BCUT2D eigenvalue weighted by Gasteiger charge is -2.40. The zero-order chi connectivity index (χ0) is 25.8. The molecule has 5 rings (SSSR count). The average molecular weight is 516 g/mol. The van der Waals surface area contributed by atoms with E-state index in [1.54, 1.807) is 12.1 Å². The highest BCUT2D eigenvalue weighted by Gasteiger charge is 2.35. The van der Waals surface area contributed by atoms with E-state index in [1.165, 1.54) is 23.3 Å². The van der Waals surface area contributed by atoms with Crippen LogP contribution in [0.3, 0.4) is 0 Å². The summed E-state index contributed by atoms with van der Waals surface area (Å²) in [6, 6.07) is 10.8. The van der Waals surface area contributed by atoms with Gasteiger partial charge in [-0.1, -0.05) is 18.1 Å². The van der Waals surface area contributed by atoms with Gasteiger partial charge in [-0.15, -0.1) is 0 Å². The van der Waals surface area contributed by atoms with E-state index in [9.17, 15) is 19.1 Å². The Morgan fingerprint density at radius 2 is 1.78 bits per heavy atom. The molecule has 1 atom stereocenters. The van der Waals surface area contributed by atoms with Crippen LogP contribution in [0.25, 0.3) is 11.0 Å². The minimum absolute atomic E-state index is 0. The maximum atomic E-state index is 13.4. The summed E-state index contributed by atoms with van der Waals surface area (Å²) in [5.74, 6) is -2.14. The van der Waals surface area contributed by atoms with Gasteiger partial charge in [-0.3, -0.25) is 0 Å². The fraction of sp³-hybridized carbons (Fsp3) is 0.346. The third-order valence-electron chi connectivity index (χ3n) is 6.62. The van der Waals surface area contributed by atoms with E-state index in [2.05, 4.69) is 28.2 Å². The summed E-state index contributed by atoms with van der Waals surface area (Å²) in [4.78, 5) is 19.1. The summed E-state index contributed by atoms with van der Waals surface area (Å²) in [5.41, 5.74) is 4.03. The Bertz CT molecular complexity index is 1270. The molecule has 0 bridgehead atoms. The van der Waals surface area contributed by atoms with Crippen molar-refractivity contribution in [1.82, 2.24) is 15.2 Å². The molecule has 1 fully saturated rings. The number of aromatic hydroxyl groups is 1. The average Bonchev–Trinajstić information content (AvgIpc) is 3.43. The van der Waals surface area contributed by atoms with Gasteiger partial charge in [0.05, 0.1) is 5.69 Å². The van der Waals surface area contributed by atoms with Crippen LogP contribution in [0.2, 0.25) is 0 Å². The van der Waals surface area contributed by atoms with Gasteiger partial charge in [-0.25, -0.2) is 24.0 Å². The highest BCUT2D eigenvalue weighted by atomic mass is 19.1. The first-order chi connectivity index (χ1) is 17.3. The lowest BCUT2D eigenvalue weighted by molar-refractivity contribution is -0.134. The van der Waals surface area contributed by atoms with Crippen molar-refractivity contribution in [2.24, 2.45) is 0 Å². The second-order valence-corrected chi connectivity index (χ2v) is 8.85. The van der Waals surface area contributed by atoms with Crippen LogP contribution in [0.4, 0.5) is 4.39 Å². The van der Waals surface area contributed by atoms with E-state index >= 15 is 0 Å². The molecule has 0 spiro atoms. The number of rotatable bonds is 5. The van der Waals surface area contributed by atoms with Crippen molar-refractivity contribution in [3.8, 4) is 5.75 Å². The summed E-state index contributed by atoms with van der Waals surface area (Å²) < 4.78 is 18.8. The molecular weight excluding hydrogens is 485 g/mol. The number of phenols is 1. The van der Waals surface area contributed by atoms with Crippen LogP contribution in [0.15, 0.2) is 53.1 Å². The number of hydrogen-bond acceptors (Lipinski definition) is 7. The van der Waals surface area contributed by atoms with E-state index in [4.69, 9.17) is 14.7 Å². The molecule has 1 saturated heterocycles. The number of halogens is 1. The van der Waals surface area contributed by atoms with Crippen molar-refractivity contribution in [3.05, 3.63) is 71.2 Å². The first-order valence-electron chi connectivity index (χ1n) is 11.8. The van der Waals surface area contributed by atoms with E-state index in [-0.39, 0.29) is 11.3 Å². The molecule has 0 amide bonds. The molecule has 3 heterocycles. The number of carbonyl (C=O) groups is 2. The number of carboxylic acids is 2. The van der Waals surface area contributed by atoms with Gasteiger partial charge in [0, 0.05) is 55.2 Å². The van der Waals surface area contributed by atoms with Crippen LogP contribution in [0.1, 0.15) is 55.0 Å². The Morgan fingerprint density at radius 1 is 1.11 bits per heavy atom. The van der Waals surface area contributed by atoms with Gasteiger partial charge in [-0.05, 0) is 54.7 Å². The molecule has 2 aromatic carbocycles. The van der Waals surface area contributed by atoms with Crippen molar-refractivity contribution in [3.63, 3.8) is 0 Å². The van der Waals surface area contributed by atoms with Crippen molar-refractivity contribution in [2.45, 2.75) is 44.7 Å². The molecule has 3 aromatic rings. The summed E-state index contributed by atoms with van der Waals surface area (Å²) in [7, 11) is 0. The van der Waals surface area contributed by atoms with Gasteiger partial charge >= 0.3 is 11.9 Å². The number of phenolic OH excluding ortho intramolecular Hbond substituents is 1. The Labute approximate surface area is 212 Å². The van der Waals surface area contributed by atoms with Crippen molar-refractivity contribution in [1.29, 1.82) is 0 Å². The van der Waals surface area contributed by atoms with E-state index in [1.807, 2.05) is 6.07 Å². The summed E-state index contributed by atoms with van der Waals surface area (Å²) >= 11 is 0. The third-order valence-corrected chi connectivity index (χ3v) is 6.62. The van der Waals surface area contributed by atoms with Gasteiger partial charge < -0.3 is 25.3 Å². The molecule has 37 heavy (non-hydrogen) atoms. The maximum absolute atomic E-state index is 13.4. The minimum Gasteiger partial charge on any atom is -0.508 e. The van der Waals surface area contributed by atoms with Gasteiger partial charge in [0.25, 0.3) is 0 Å². The Hall–Kier alpha value is -3.80. The van der Waals surface area contributed by atoms with Crippen LogP contribution in [-0.2, 0) is 16.1 Å². The molecular formula is C26H30FN3O7. The highest BCUT2D eigenvalue weighted by molar-refractivity contribution is 5.89. The largest absolute Gasteiger partial charge is 0.508 e. The fourth-order valence-corrected chi connectivity index (χ4v) is 4.99. The van der Waals surface area contributed by atoms with Gasteiger partial charge in [-0.2, -0.15) is 0 Å². The van der Waals surface area contributed by atoms with Crippen LogP contribution in [0, 0.1) is 5.82 Å². The highest BCUT2D eigenvalue weighted by Crippen LogP contribution is 2.41. The monoisotopic (exact) mass is 515 g/mol. The van der Waals surface area contributed by atoms with E-state index < -0.39 is 11.9 Å². The first kappa shape index (κ1) is 27.8. The smallest absolute Gasteiger partial charge is 0.328 e. The zero-order valence-corrected chi connectivity index (χ0v) is 20.3. The van der Waals surface area contributed by atoms with Gasteiger partial charge in [0.1, 0.15) is 11.6 Å². The topological polar surface area (TPSA) is 159 Å². The van der Waals surface area contributed by atoms with Crippen LogP contribution < -0.4 is 0 Å². The zero-order valence-electron chi connectivity index (χ0n) is 20.3. The predicted octanol–water partition coefficient (Wildman–Crippen LogP) is 3.62. The molecule has 10 nitrogen and oxygen atoms in total. The molecule has 1 aromatic heterocycles. The van der Waals surface area contributed by atoms with Crippen molar-refractivity contribution in [2.75, 3.05) is 13.1 Å². The number of carboxylic acid groups (broad SMARTS) is 2. The normalized spacial score (nSPS) is 18.3. The van der Waals surface area contributed by atoms with Crippen molar-refractivity contribution >= 4 is 22.9 Å². The first-order valence-corrected chi connectivity index (χ1v) is 11.8. The quantitative estimate of drug-likeness (QED) is 0.431. The molecule has 5 N–H and O–H groups in total. The molecule has 198 valence electrons. The Kier molecular flexibility index (Phi) is 8.98. The summed E-state index contributed by atoms with van der Waals surface area (Å²) in [6.07, 6.45) is 4.14. The van der Waals surface area contributed by atoms with Gasteiger partial charge in [0.15, 0.2) is 5.58 Å². The minimum atomic E-state index is -1.26. The van der Waals surface area contributed by atoms with Crippen molar-refractivity contribution < 1.29 is 39.3 Å². The second kappa shape index (κ2) is 12.0. The number of piperidine rings is 1. The molecule has 0 aliphatic carbocycles. The molecule has 1 unspecified atom stereocenters. The summed E-state index contributed by atoms with van der Waals surface area (Å²) in [5, 5.41) is 35.5. The lowest BCUT2D eigenvalue weighted by Crippen LogP contribution is -2.45. The number of fused-ring (bicyclic) bond motifs is 2. The number of aromatic nitrogens is 1. The SMILES string of the molecule is CCC1c2ccc(O)cc2CN1N1CCC(c2noc3cc(F)ccc23)CC1.O.O=C(O)/C=C/C(=O)O. The lowest BCUT2D eigenvalue weighted by atomic mass is 9.92. The summed E-state index contributed by atoms with van der Waals surface area (Å²) in [6.45, 7) is 4.97. The van der Waals surface area contributed by atoms with Crippen LogP contribution in [-0.4, -0.2) is 61.0 Å². The second-order valence-electron chi connectivity index (χ2n) is 8.85. The molecule has 2 aliphatic rings. The van der Waals surface area contributed by atoms with E-state index in [0.29, 0.717) is 35.4 Å². The third kappa shape index (κ3) is 6.31. The number of hydrogen-bond donors (Lipinski definition) is 3. The Balaban J connectivity index is 0.000000370. The standard InChI is InChI=1S/C22H24FN3O2.C4H4O4.H2O/c1-2-20-18-6-4-17(27)11-15(18)13-26(20)25-9-7-14(8-10-25)22-19-5-3-16(23)12-21(19)28-24-22;5-3(6)1-2-4(7)8;/h3-6,11-12,14,20,27H,2,7-10,13H2,1H3;1-2H,(H,5,6)(H,7,8);1H2/b;2-1+;. The van der Waals surface area contributed by atoms with Crippen LogP contribution >= 0.6 is 0 Å². The van der Waals surface area contributed by atoms with Crippen LogP contribution in [0.5, 0.6) is 5.75 Å². The molecule has 0 radical (unpaired) electrons. The molecule has 2 aliphatic heterocycles. The fourth-order valence-electron chi connectivity index (χ4n) is 4.99. The number of benzene rings is 2. The van der Waals surface area contributed by atoms with E-state index in [0.717, 1.165) is 50.0 Å². The number of aliphatic carboxylic acids is 2. The number of nitrogens with zero attached hydrogens (tertiary/aromatic N) is 3.